The van der Waals surface area contributed by atoms with Crippen molar-refractivity contribution < 1.29 is 9.90 Å². The number of aliphatic hydroxyl groups excluding tert-OH is 1. The maximum Gasteiger partial charge on any atom is 0.224 e. The molecule has 0 bridgehead atoms. The molecule has 0 spiro atoms. The number of hydrogen-bond acceptors (Lipinski definition) is 3. The number of thioether (sulfide) groups is 1. The maximum absolute atomic E-state index is 11.5. The monoisotopic (exact) mass is 237 g/mol. The van der Waals surface area contributed by atoms with Crippen molar-refractivity contribution in [2.45, 2.75) is 24.3 Å². The highest BCUT2D eigenvalue weighted by Crippen LogP contribution is 2.20. The number of hydrogen-bond donors (Lipinski definition) is 1. The SMILES string of the molecule is CSCCC(CO)N1CC(Cl)CC1=O. The van der Waals surface area contributed by atoms with Gasteiger partial charge >= 0.3 is 0 Å². The number of nitrogens with zero attached hydrogens (tertiary/aromatic N) is 1. The summed E-state index contributed by atoms with van der Waals surface area (Å²) in [5, 5.41) is 9.09. The second-order valence-corrected chi connectivity index (χ2v) is 5.07. The predicted octanol–water partition coefficient (Wildman–Crippen LogP) is 0.940. The van der Waals surface area contributed by atoms with Crippen LogP contribution in [0.1, 0.15) is 12.8 Å². The standard InChI is InChI=1S/C9H16ClNO2S/c1-14-3-2-8(6-12)11-5-7(10)4-9(11)13/h7-8,12H,2-6H2,1H3. The molecule has 14 heavy (non-hydrogen) atoms. The van der Waals surface area contributed by atoms with Gasteiger partial charge in [0.2, 0.25) is 5.91 Å². The largest absolute Gasteiger partial charge is 0.394 e. The molecular formula is C9H16ClNO2S. The summed E-state index contributed by atoms with van der Waals surface area (Å²) in [7, 11) is 0. The molecule has 0 aromatic carbocycles. The Morgan fingerprint density at radius 3 is 2.93 bits per heavy atom. The smallest absolute Gasteiger partial charge is 0.224 e. The number of aliphatic hydroxyl groups is 1. The first-order valence-corrected chi connectivity index (χ1v) is 6.55. The topological polar surface area (TPSA) is 40.5 Å². The average Bonchev–Trinajstić information content (AvgIpc) is 2.47. The molecule has 1 saturated heterocycles. The number of halogens is 1. The fourth-order valence-electron chi connectivity index (χ4n) is 1.64. The van der Waals surface area contributed by atoms with Gasteiger partial charge in [-0.3, -0.25) is 4.79 Å². The van der Waals surface area contributed by atoms with E-state index in [0.717, 1.165) is 12.2 Å². The molecule has 82 valence electrons. The highest BCUT2D eigenvalue weighted by Gasteiger charge is 2.32. The first-order chi connectivity index (χ1) is 6.69. The normalized spacial score (nSPS) is 24.4. The van der Waals surface area contributed by atoms with E-state index < -0.39 is 0 Å². The number of carbonyl (C=O) groups is 1. The lowest BCUT2D eigenvalue weighted by Gasteiger charge is -2.25. The summed E-state index contributed by atoms with van der Waals surface area (Å²) in [5.74, 6) is 1.03. The molecule has 2 atom stereocenters. The Hall–Kier alpha value is 0.0700. The van der Waals surface area contributed by atoms with Crippen LogP contribution in [0.15, 0.2) is 0 Å². The lowest BCUT2D eigenvalue weighted by Crippen LogP contribution is -2.39. The van der Waals surface area contributed by atoms with Crippen molar-refractivity contribution in [1.29, 1.82) is 0 Å². The zero-order valence-corrected chi connectivity index (χ0v) is 9.85. The fraction of sp³-hybridized carbons (Fsp3) is 0.889. The van der Waals surface area contributed by atoms with Crippen LogP contribution in [0.5, 0.6) is 0 Å². The van der Waals surface area contributed by atoms with Gasteiger partial charge in [-0.15, -0.1) is 11.6 Å². The van der Waals surface area contributed by atoms with Crippen LogP contribution in [0.25, 0.3) is 0 Å². The average molecular weight is 238 g/mol. The number of amides is 1. The van der Waals surface area contributed by atoms with Gasteiger partial charge in [-0.05, 0) is 18.4 Å². The molecule has 1 amide bonds. The van der Waals surface area contributed by atoms with Crippen molar-refractivity contribution in [3.05, 3.63) is 0 Å². The van der Waals surface area contributed by atoms with E-state index >= 15 is 0 Å². The van der Waals surface area contributed by atoms with E-state index in [2.05, 4.69) is 0 Å². The second-order valence-electron chi connectivity index (χ2n) is 3.47. The van der Waals surface area contributed by atoms with E-state index in [9.17, 15) is 9.90 Å². The molecule has 0 aromatic rings. The van der Waals surface area contributed by atoms with Crippen LogP contribution in [0.2, 0.25) is 0 Å². The molecule has 2 unspecified atom stereocenters. The van der Waals surface area contributed by atoms with Crippen molar-refractivity contribution in [2.75, 3.05) is 25.2 Å². The first-order valence-electron chi connectivity index (χ1n) is 4.72. The van der Waals surface area contributed by atoms with Crippen LogP contribution in [0.3, 0.4) is 0 Å². The quantitative estimate of drug-likeness (QED) is 0.724. The molecule has 5 heteroatoms. The van der Waals surface area contributed by atoms with Gasteiger partial charge in [-0.1, -0.05) is 0 Å². The molecule has 1 aliphatic heterocycles. The minimum Gasteiger partial charge on any atom is -0.394 e. The van der Waals surface area contributed by atoms with E-state index in [1.165, 1.54) is 0 Å². The van der Waals surface area contributed by atoms with Gasteiger partial charge in [0.15, 0.2) is 0 Å². The number of carbonyl (C=O) groups excluding carboxylic acids is 1. The van der Waals surface area contributed by atoms with Crippen molar-refractivity contribution in [3.8, 4) is 0 Å². The Balaban J connectivity index is 2.47. The third kappa shape index (κ3) is 3.04. The lowest BCUT2D eigenvalue weighted by molar-refractivity contribution is -0.130. The molecule has 1 aliphatic rings. The maximum atomic E-state index is 11.5. The highest BCUT2D eigenvalue weighted by atomic mass is 35.5. The Morgan fingerprint density at radius 1 is 1.79 bits per heavy atom. The Bertz CT molecular complexity index is 203. The molecular weight excluding hydrogens is 222 g/mol. The summed E-state index contributed by atoms with van der Waals surface area (Å²) >= 11 is 7.61. The van der Waals surface area contributed by atoms with Gasteiger partial charge in [0, 0.05) is 13.0 Å². The molecule has 3 nitrogen and oxygen atoms in total. The van der Waals surface area contributed by atoms with E-state index in [-0.39, 0.29) is 23.9 Å². The summed E-state index contributed by atoms with van der Waals surface area (Å²) in [6.45, 7) is 0.621. The predicted molar refractivity (Wildman–Crippen MR) is 59.8 cm³/mol. The minimum atomic E-state index is -0.0779. The van der Waals surface area contributed by atoms with Crippen molar-refractivity contribution in [3.63, 3.8) is 0 Å². The van der Waals surface area contributed by atoms with Crippen LogP contribution in [-0.2, 0) is 4.79 Å². The lowest BCUT2D eigenvalue weighted by atomic mass is 10.2. The summed E-state index contributed by atoms with van der Waals surface area (Å²) in [5.41, 5.74) is 0. The van der Waals surface area contributed by atoms with Gasteiger partial charge < -0.3 is 10.0 Å². The molecule has 1 fully saturated rings. The third-order valence-corrected chi connectivity index (χ3v) is 3.35. The Morgan fingerprint density at radius 2 is 2.50 bits per heavy atom. The molecule has 1 rings (SSSR count). The zero-order chi connectivity index (χ0) is 10.6. The van der Waals surface area contributed by atoms with Gasteiger partial charge in [-0.25, -0.2) is 0 Å². The molecule has 0 aromatic heterocycles. The Labute approximate surface area is 93.8 Å². The number of rotatable bonds is 5. The zero-order valence-electron chi connectivity index (χ0n) is 8.28. The summed E-state index contributed by atoms with van der Waals surface area (Å²) in [6.07, 6.45) is 3.27. The molecule has 1 heterocycles. The molecule has 1 N–H and O–H groups in total. The molecule has 0 saturated carbocycles. The van der Waals surface area contributed by atoms with Crippen LogP contribution in [0, 0.1) is 0 Å². The third-order valence-electron chi connectivity index (χ3n) is 2.42. The summed E-state index contributed by atoms with van der Waals surface area (Å²) in [6, 6.07) is -0.0429. The van der Waals surface area contributed by atoms with Crippen LogP contribution in [0.4, 0.5) is 0 Å². The van der Waals surface area contributed by atoms with Gasteiger partial charge in [0.1, 0.15) is 0 Å². The first kappa shape index (κ1) is 12.1. The molecule has 0 aliphatic carbocycles. The van der Waals surface area contributed by atoms with Gasteiger partial charge in [-0.2, -0.15) is 11.8 Å². The van der Waals surface area contributed by atoms with E-state index in [4.69, 9.17) is 11.6 Å². The number of likely N-dealkylation sites (tertiary alicyclic amines) is 1. The van der Waals surface area contributed by atoms with Gasteiger partial charge in [0.25, 0.3) is 0 Å². The summed E-state index contributed by atoms with van der Waals surface area (Å²) in [4.78, 5) is 13.2. The van der Waals surface area contributed by atoms with Crippen molar-refractivity contribution >= 4 is 29.3 Å². The minimum absolute atomic E-state index is 0.0376. The van der Waals surface area contributed by atoms with Crippen molar-refractivity contribution in [2.24, 2.45) is 0 Å². The molecule has 0 radical (unpaired) electrons. The van der Waals surface area contributed by atoms with Crippen LogP contribution in [-0.4, -0.2) is 52.5 Å². The van der Waals surface area contributed by atoms with E-state index in [1.807, 2.05) is 6.26 Å². The van der Waals surface area contributed by atoms with Gasteiger partial charge in [0.05, 0.1) is 18.0 Å². The van der Waals surface area contributed by atoms with Crippen LogP contribution < -0.4 is 0 Å². The number of alkyl halides is 1. The Kier molecular flexibility index (Phi) is 5.06. The second kappa shape index (κ2) is 5.83. The van der Waals surface area contributed by atoms with Crippen LogP contribution >= 0.6 is 23.4 Å². The highest BCUT2D eigenvalue weighted by molar-refractivity contribution is 7.98. The van der Waals surface area contributed by atoms with E-state index in [0.29, 0.717) is 13.0 Å². The fourth-order valence-corrected chi connectivity index (χ4v) is 2.43. The van der Waals surface area contributed by atoms with E-state index in [1.54, 1.807) is 16.7 Å². The van der Waals surface area contributed by atoms with Crippen molar-refractivity contribution in [1.82, 2.24) is 4.90 Å². The summed E-state index contributed by atoms with van der Waals surface area (Å²) < 4.78 is 0.